The van der Waals surface area contributed by atoms with Gasteiger partial charge in [-0.1, -0.05) is 0 Å². The van der Waals surface area contributed by atoms with Gasteiger partial charge < -0.3 is 4.89 Å². The van der Waals surface area contributed by atoms with Crippen LogP contribution in [0.2, 0.25) is 0 Å². The Morgan fingerprint density at radius 2 is 1.62 bits per heavy atom. The van der Waals surface area contributed by atoms with E-state index in [1.807, 2.05) is 0 Å². The molecule has 0 aliphatic rings. The fourth-order valence-electron chi connectivity index (χ4n) is 0.0745. The number of phosphoric acid groups is 1. The van der Waals surface area contributed by atoms with E-state index in [0.29, 0.717) is 0 Å². The molecule has 0 unspecified atom stereocenters. The summed E-state index contributed by atoms with van der Waals surface area (Å²) in [4.78, 5) is 8.24. The number of phosphoric ester groups is 1. The van der Waals surface area contributed by atoms with E-state index in [1.165, 1.54) is 0 Å². The van der Waals surface area contributed by atoms with Crippen LogP contribution in [0.15, 0.2) is 0 Å². The van der Waals surface area contributed by atoms with Gasteiger partial charge >= 0.3 is 26.7 Å². The van der Waals surface area contributed by atoms with Crippen molar-refractivity contribution in [2.75, 3.05) is 14.2 Å². The quantitative estimate of drug-likeness (QED) is 0.417. The molecule has 0 aromatic heterocycles. The molecule has 0 saturated heterocycles. The molecule has 1 N–H and O–H groups in total. The van der Waals surface area contributed by atoms with Gasteiger partial charge in [0.2, 0.25) is 0 Å². The van der Waals surface area contributed by atoms with Crippen LogP contribution >= 0.6 is 7.82 Å². The monoisotopic (exact) mass is 134 g/mol. The van der Waals surface area contributed by atoms with Crippen molar-refractivity contribution < 1.29 is 18.5 Å². The SMILES string of the molecule is COP(=O)(O)OC.[LiH]. The maximum atomic E-state index is 10.1. The normalized spacial score (nSPS) is 10.4. The Morgan fingerprint density at radius 3 is 1.62 bits per heavy atom. The van der Waals surface area contributed by atoms with E-state index < -0.39 is 7.82 Å². The molecule has 6 heteroatoms. The second-order valence-corrected chi connectivity index (χ2v) is 2.50. The zero-order valence-corrected chi connectivity index (χ0v) is 5.01. The summed E-state index contributed by atoms with van der Waals surface area (Å²) in [7, 11) is -1.45. The molecule has 0 spiro atoms. The van der Waals surface area contributed by atoms with Gasteiger partial charge in [0, 0.05) is 14.2 Å². The van der Waals surface area contributed by atoms with Crippen LogP contribution in [-0.4, -0.2) is 38.0 Å². The first-order valence-corrected chi connectivity index (χ1v) is 3.06. The second kappa shape index (κ2) is 4.57. The van der Waals surface area contributed by atoms with Crippen molar-refractivity contribution in [3.05, 3.63) is 0 Å². The number of hydrogen-bond donors (Lipinski definition) is 1. The topological polar surface area (TPSA) is 55.8 Å². The van der Waals surface area contributed by atoms with E-state index in [9.17, 15) is 4.57 Å². The van der Waals surface area contributed by atoms with Crippen LogP contribution in [0.1, 0.15) is 0 Å². The van der Waals surface area contributed by atoms with Crippen molar-refractivity contribution in [1.29, 1.82) is 0 Å². The second-order valence-electron chi connectivity index (χ2n) is 0.834. The Balaban J connectivity index is 0. The molecule has 0 saturated carbocycles. The van der Waals surface area contributed by atoms with Crippen molar-refractivity contribution >= 4 is 26.7 Å². The summed E-state index contributed by atoms with van der Waals surface area (Å²) in [6.45, 7) is 0. The average Bonchev–Trinajstić information content (AvgIpc) is 1.68. The van der Waals surface area contributed by atoms with Crippen molar-refractivity contribution in [1.82, 2.24) is 0 Å². The maximum absolute atomic E-state index is 10.1. The Bertz CT molecular complexity index is 86.0. The third kappa shape index (κ3) is 4.86. The molecule has 0 amide bonds. The van der Waals surface area contributed by atoms with Crippen LogP contribution in [0.25, 0.3) is 0 Å². The van der Waals surface area contributed by atoms with Gasteiger partial charge in [-0.25, -0.2) is 4.57 Å². The van der Waals surface area contributed by atoms with Crippen LogP contribution in [0.3, 0.4) is 0 Å². The Labute approximate surface area is 60.0 Å². The van der Waals surface area contributed by atoms with Crippen molar-refractivity contribution in [3.63, 3.8) is 0 Å². The van der Waals surface area contributed by atoms with Gasteiger partial charge in [0.15, 0.2) is 0 Å². The van der Waals surface area contributed by atoms with Gasteiger partial charge in [-0.3, -0.25) is 9.05 Å². The predicted octanol–water partition coefficient (Wildman–Crippen LogP) is -0.269. The van der Waals surface area contributed by atoms with E-state index in [2.05, 4.69) is 9.05 Å². The standard InChI is InChI=1S/C2H7O4P.Li.H/c1-5-7(3,4)6-2;;/h1-2H3,(H,3,4);;. The fraction of sp³-hybridized carbons (Fsp3) is 1.00. The van der Waals surface area contributed by atoms with Gasteiger partial charge in [-0.15, -0.1) is 0 Å². The predicted molar refractivity (Wildman–Crippen MR) is 31.0 cm³/mol. The molecule has 0 aliphatic heterocycles. The molecule has 0 rings (SSSR count). The van der Waals surface area contributed by atoms with Gasteiger partial charge in [-0.2, -0.15) is 0 Å². The molecule has 4 nitrogen and oxygen atoms in total. The van der Waals surface area contributed by atoms with Crippen LogP contribution in [0.4, 0.5) is 0 Å². The van der Waals surface area contributed by atoms with Crippen molar-refractivity contribution in [2.45, 2.75) is 0 Å². The molecular weight excluding hydrogens is 126 g/mol. The third-order valence-corrected chi connectivity index (χ3v) is 1.38. The molecule has 0 bridgehead atoms. The molecule has 0 radical (unpaired) electrons. The Kier molecular flexibility index (Phi) is 6.57. The molecule has 8 heavy (non-hydrogen) atoms. The zero-order valence-electron chi connectivity index (χ0n) is 4.12. The van der Waals surface area contributed by atoms with E-state index in [4.69, 9.17) is 4.89 Å². The first kappa shape index (κ1) is 11.5. The minimum absolute atomic E-state index is 0. The van der Waals surface area contributed by atoms with E-state index >= 15 is 0 Å². The average molecular weight is 134 g/mol. The van der Waals surface area contributed by atoms with Gasteiger partial charge in [0.05, 0.1) is 0 Å². The third-order valence-electron chi connectivity index (χ3n) is 0.461. The summed E-state index contributed by atoms with van der Waals surface area (Å²) in [5.41, 5.74) is 0. The molecule has 0 aromatic carbocycles. The molecule has 0 aliphatic carbocycles. The summed E-state index contributed by atoms with van der Waals surface area (Å²) >= 11 is 0. The first-order chi connectivity index (χ1) is 3.12. The van der Waals surface area contributed by atoms with Crippen molar-refractivity contribution in [3.8, 4) is 0 Å². The summed E-state index contributed by atoms with van der Waals surface area (Å²) in [5.74, 6) is 0. The van der Waals surface area contributed by atoms with Crippen LogP contribution in [0.5, 0.6) is 0 Å². The molecular formula is C2H8LiO4P. The molecule has 0 fully saturated rings. The minimum atomic E-state index is -3.65. The van der Waals surface area contributed by atoms with Gasteiger partial charge in [0.1, 0.15) is 0 Å². The molecule has 0 heterocycles. The van der Waals surface area contributed by atoms with Crippen molar-refractivity contribution in [2.24, 2.45) is 0 Å². The molecule has 0 atom stereocenters. The number of hydrogen-bond acceptors (Lipinski definition) is 3. The summed E-state index contributed by atoms with van der Waals surface area (Å²) < 4.78 is 18.0. The van der Waals surface area contributed by atoms with Crippen LogP contribution in [-0.2, 0) is 13.6 Å². The van der Waals surface area contributed by atoms with Crippen LogP contribution < -0.4 is 0 Å². The summed E-state index contributed by atoms with van der Waals surface area (Å²) in [6, 6.07) is 0. The van der Waals surface area contributed by atoms with E-state index in [1.54, 1.807) is 0 Å². The van der Waals surface area contributed by atoms with E-state index in [-0.39, 0.29) is 18.9 Å². The molecule has 46 valence electrons. The Hall–Kier alpha value is 0.707. The summed E-state index contributed by atoms with van der Waals surface area (Å²) in [6.07, 6.45) is 0. The van der Waals surface area contributed by atoms with Gasteiger partial charge in [-0.05, 0) is 0 Å². The van der Waals surface area contributed by atoms with Crippen LogP contribution in [0, 0.1) is 0 Å². The molecule has 0 aromatic rings. The van der Waals surface area contributed by atoms with Gasteiger partial charge in [0.25, 0.3) is 0 Å². The fourth-order valence-corrected chi connectivity index (χ4v) is 0.224. The first-order valence-electron chi connectivity index (χ1n) is 1.56. The zero-order chi connectivity index (χ0) is 5.91. The Morgan fingerprint density at radius 1 is 1.38 bits per heavy atom. The summed E-state index contributed by atoms with van der Waals surface area (Å²) in [5, 5.41) is 0. The van der Waals surface area contributed by atoms with E-state index in [0.717, 1.165) is 14.2 Å². The number of rotatable bonds is 2.